The Morgan fingerprint density at radius 1 is 1.47 bits per heavy atom. The average molecular weight is 238 g/mol. The number of rotatable bonds is 7. The van der Waals surface area contributed by atoms with Gasteiger partial charge < -0.3 is 15.6 Å². The summed E-state index contributed by atoms with van der Waals surface area (Å²) in [5.74, 6) is 1.28. The van der Waals surface area contributed by atoms with Gasteiger partial charge in [0.2, 0.25) is 0 Å². The Balaban J connectivity index is 2.19. The summed E-state index contributed by atoms with van der Waals surface area (Å²) in [4.78, 5) is 4.21. The van der Waals surface area contributed by atoms with Crippen LogP contribution in [0, 0.1) is 0 Å². The van der Waals surface area contributed by atoms with Gasteiger partial charge in [0.05, 0.1) is 0 Å². The van der Waals surface area contributed by atoms with Crippen molar-refractivity contribution in [3.8, 4) is 0 Å². The molecule has 6 nitrogen and oxygen atoms in total. The first kappa shape index (κ1) is 13.5. The fraction of sp³-hybridized carbons (Fsp3) is 0.727. The number of guanidine groups is 1. The number of aryl methyl sites for hydroxylation is 1. The summed E-state index contributed by atoms with van der Waals surface area (Å²) in [6, 6.07) is 0. The molecule has 1 rings (SSSR count). The van der Waals surface area contributed by atoms with E-state index >= 15 is 0 Å². The molecule has 6 heteroatoms. The van der Waals surface area contributed by atoms with E-state index < -0.39 is 0 Å². The van der Waals surface area contributed by atoms with Crippen LogP contribution in [0.5, 0.6) is 0 Å². The van der Waals surface area contributed by atoms with Gasteiger partial charge in [0, 0.05) is 13.6 Å². The summed E-state index contributed by atoms with van der Waals surface area (Å²) < 4.78 is 1.83. The Hall–Kier alpha value is -1.59. The van der Waals surface area contributed by atoms with Gasteiger partial charge in [-0.2, -0.15) is 0 Å². The number of aromatic nitrogens is 3. The zero-order chi connectivity index (χ0) is 12.5. The van der Waals surface area contributed by atoms with E-state index in [1.807, 2.05) is 11.6 Å². The lowest BCUT2D eigenvalue weighted by Crippen LogP contribution is -2.32. The molecule has 0 fully saturated rings. The molecule has 0 aromatic carbocycles. The molecule has 0 saturated carbocycles. The largest absolute Gasteiger partial charge is 0.370 e. The van der Waals surface area contributed by atoms with Crippen LogP contribution >= 0.6 is 0 Å². The lowest BCUT2D eigenvalue weighted by molar-refractivity contribution is 0.651. The van der Waals surface area contributed by atoms with Crippen LogP contribution in [0.15, 0.2) is 11.3 Å². The van der Waals surface area contributed by atoms with E-state index in [-0.39, 0.29) is 0 Å². The van der Waals surface area contributed by atoms with Gasteiger partial charge in [-0.3, -0.25) is 0 Å². The van der Waals surface area contributed by atoms with Gasteiger partial charge in [0.1, 0.15) is 12.9 Å². The molecule has 0 bridgehead atoms. The first-order valence-electron chi connectivity index (χ1n) is 6.10. The van der Waals surface area contributed by atoms with Crippen molar-refractivity contribution in [2.75, 3.05) is 6.54 Å². The molecule has 1 aromatic heterocycles. The van der Waals surface area contributed by atoms with E-state index in [0.29, 0.717) is 12.5 Å². The maximum absolute atomic E-state index is 5.74. The second kappa shape index (κ2) is 7.65. The van der Waals surface area contributed by atoms with Crippen LogP contribution in [0.1, 0.15) is 38.4 Å². The highest BCUT2D eigenvalue weighted by atomic mass is 15.3. The molecule has 17 heavy (non-hydrogen) atoms. The Labute approximate surface area is 102 Å². The summed E-state index contributed by atoms with van der Waals surface area (Å²) in [6.45, 7) is 3.54. The highest BCUT2D eigenvalue weighted by Gasteiger charge is 1.98. The second-order valence-corrected chi connectivity index (χ2v) is 4.05. The molecule has 0 radical (unpaired) electrons. The lowest BCUT2D eigenvalue weighted by Gasteiger charge is -2.04. The SMILES string of the molecule is CCCCCCNC(N)=NCc1nncn1C. The molecule has 1 aromatic rings. The Morgan fingerprint density at radius 2 is 2.29 bits per heavy atom. The van der Waals surface area contributed by atoms with Crippen LogP contribution in [0.25, 0.3) is 0 Å². The maximum atomic E-state index is 5.74. The van der Waals surface area contributed by atoms with E-state index in [0.717, 1.165) is 18.8 Å². The Bertz CT molecular complexity index is 343. The van der Waals surface area contributed by atoms with Crippen molar-refractivity contribution in [3.63, 3.8) is 0 Å². The molecular weight excluding hydrogens is 216 g/mol. The number of nitrogens with one attached hydrogen (secondary N) is 1. The molecule has 0 unspecified atom stereocenters. The fourth-order valence-electron chi connectivity index (χ4n) is 1.43. The predicted molar refractivity (Wildman–Crippen MR) is 68.5 cm³/mol. The number of hydrogen-bond acceptors (Lipinski definition) is 3. The molecule has 96 valence electrons. The van der Waals surface area contributed by atoms with Gasteiger partial charge in [-0.05, 0) is 6.42 Å². The molecular formula is C11H22N6. The topological polar surface area (TPSA) is 81.1 Å². The normalized spacial score (nSPS) is 11.8. The molecule has 0 spiro atoms. The van der Waals surface area contributed by atoms with Crippen molar-refractivity contribution < 1.29 is 0 Å². The van der Waals surface area contributed by atoms with Crippen molar-refractivity contribution in [2.24, 2.45) is 17.8 Å². The van der Waals surface area contributed by atoms with Crippen LogP contribution in [-0.4, -0.2) is 27.3 Å². The minimum atomic E-state index is 0.463. The third kappa shape index (κ3) is 5.33. The molecule has 0 atom stereocenters. The minimum Gasteiger partial charge on any atom is -0.370 e. The minimum absolute atomic E-state index is 0.463. The Morgan fingerprint density at radius 3 is 2.94 bits per heavy atom. The summed E-state index contributed by atoms with van der Waals surface area (Å²) in [5, 5.41) is 10.8. The summed E-state index contributed by atoms with van der Waals surface area (Å²) >= 11 is 0. The number of aliphatic imine (C=N–C) groups is 1. The van der Waals surface area contributed by atoms with Gasteiger partial charge >= 0.3 is 0 Å². The zero-order valence-corrected chi connectivity index (χ0v) is 10.7. The third-order valence-electron chi connectivity index (χ3n) is 2.53. The smallest absolute Gasteiger partial charge is 0.189 e. The van der Waals surface area contributed by atoms with E-state index in [2.05, 4.69) is 27.4 Å². The van der Waals surface area contributed by atoms with Crippen molar-refractivity contribution in [1.82, 2.24) is 20.1 Å². The van der Waals surface area contributed by atoms with E-state index in [9.17, 15) is 0 Å². The summed E-state index contributed by atoms with van der Waals surface area (Å²) in [5.41, 5.74) is 5.74. The molecule has 1 heterocycles. The number of nitrogens with zero attached hydrogens (tertiary/aromatic N) is 4. The predicted octanol–water partition coefficient (Wildman–Crippen LogP) is 0.800. The van der Waals surface area contributed by atoms with Gasteiger partial charge in [0.15, 0.2) is 11.8 Å². The van der Waals surface area contributed by atoms with Gasteiger partial charge in [-0.15, -0.1) is 10.2 Å². The van der Waals surface area contributed by atoms with Crippen LogP contribution in [-0.2, 0) is 13.6 Å². The van der Waals surface area contributed by atoms with Gasteiger partial charge in [-0.25, -0.2) is 4.99 Å². The molecule has 0 aliphatic rings. The van der Waals surface area contributed by atoms with E-state index in [4.69, 9.17) is 5.73 Å². The number of hydrogen-bond donors (Lipinski definition) is 2. The standard InChI is InChI=1S/C11H22N6/c1-3-4-5-6-7-13-11(12)14-8-10-16-15-9-17(10)2/h9H,3-8H2,1-2H3,(H3,12,13,14). The molecule has 3 N–H and O–H groups in total. The lowest BCUT2D eigenvalue weighted by atomic mass is 10.2. The second-order valence-electron chi connectivity index (χ2n) is 4.05. The summed E-state index contributed by atoms with van der Waals surface area (Å²) in [6.07, 6.45) is 6.54. The maximum Gasteiger partial charge on any atom is 0.189 e. The first-order valence-corrected chi connectivity index (χ1v) is 6.10. The van der Waals surface area contributed by atoms with Crippen LogP contribution in [0.3, 0.4) is 0 Å². The first-order chi connectivity index (χ1) is 8.24. The number of nitrogens with two attached hydrogens (primary N) is 1. The van der Waals surface area contributed by atoms with Crippen LogP contribution < -0.4 is 11.1 Å². The van der Waals surface area contributed by atoms with Crippen LogP contribution in [0.2, 0.25) is 0 Å². The molecule has 0 amide bonds. The van der Waals surface area contributed by atoms with Gasteiger partial charge in [-0.1, -0.05) is 26.2 Å². The van der Waals surface area contributed by atoms with Crippen molar-refractivity contribution >= 4 is 5.96 Å². The van der Waals surface area contributed by atoms with E-state index in [1.54, 1.807) is 6.33 Å². The summed E-state index contributed by atoms with van der Waals surface area (Å²) in [7, 11) is 1.89. The third-order valence-corrected chi connectivity index (χ3v) is 2.53. The Kier molecular flexibility index (Phi) is 6.06. The average Bonchev–Trinajstić information content (AvgIpc) is 2.72. The van der Waals surface area contributed by atoms with E-state index in [1.165, 1.54) is 19.3 Å². The van der Waals surface area contributed by atoms with Crippen molar-refractivity contribution in [3.05, 3.63) is 12.2 Å². The highest BCUT2D eigenvalue weighted by molar-refractivity contribution is 5.77. The molecule has 0 saturated heterocycles. The quantitative estimate of drug-likeness (QED) is 0.418. The monoisotopic (exact) mass is 238 g/mol. The molecule has 0 aliphatic carbocycles. The van der Waals surface area contributed by atoms with Crippen molar-refractivity contribution in [1.29, 1.82) is 0 Å². The zero-order valence-electron chi connectivity index (χ0n) is 10.7. The van der Waals surface area contributed by atoms with Gasteiger partial charge in [0.25, 0.3) is 0 Å². The highest BCUT2D eigenvalue weighted by Crippen LogP contribution is 1.97. The van der Waals surface area contributed by atoms with Crippen LogP contribution in [0.4, 0.5) is 0 Å². The number of unbranched alkanes of at least 4 members (excludes halogenated alkanes) is 3. The fourth-order valence-corrected chi connectivity index (χ4v) is 1.43. The van der Waals surface area contributed by atoms with Crippen molar-refractivity contribution in [2.45, 2.75) is 39.2 Å². The molecule has 0 aliphatic heterocycles.